The summed E-state index contributed by atoms with van der Waals surface area (Å²) in [4.78, 5) is 11.5. The van der Waals surface area contributed by atoms with E-state index in [0.717, 1.165) is 35.4 Å². The SMILES string of the molecule is Cc1c([C@H]2CC=CC[C@@H]2N)sc2c(NCc3cccs3)nc(Cl)nc12. The van der Waals surface area contributed by atoms with Gasteiger partial charge in [0, 0.05) is 21.7 Å². The van der Waals surface area contributed by atoms with Crippen molar-refractivity contribution < 1.29 is 0 Å². The molecule has 0 amide bonds. The van der Waals surface area contributed by atoms with Gasteiger partial charge in [-0.2, -0.15) is 4.98 Å². The van der Waals surface area contributed by atoms with E-state index in [1.54, 1.807) is 22.7 Å². The number of rotatable bonds is 4. The Morgan fingerprint density at radius 1 is 1.32 bits per heavy atom. The number of nitrogens with zero attached hydrogens (tertiary/aromatic N) is 2. The third-order valence-corrected chi connectivity index (χ3v) is 7.07. The first-order valence-electron chi connectivity index (χ1n) is 8.27. The van der Waals surface area contributed by atoms with Gasteiger partial charge in [0.25, 0.3) is 0 Å². The van der Waals surface area contributed by atoms with Gasteiger partial charge in [0.05, 0.1) is 16.8 Å². The van der Waals surface area contributed by atoms with Crippen molar-refractivity contribution in [2.45, 2.75) is 38.3 Å². The van der Waals surface area contributed by atoms with Crippen LogP contribution in [0, 0.1) is 6.92 Å². The monoisotopic (exact) mass is 390 g/mol. The zero-order valence-electron chi connectivity index (χ0n) is 13.8. The van der Waals surface area contributed by atoms with Crippen LogP contribution < -0.4 is 11.1 Å². The molecule has 1 aliphatic rings. The Bertz CT molecular complexity index is 917. The molecule has 3 N–H and O–H groups in total. The van der Waals surface area contributed by atoms with Crippen molar-refractivity contribution in [1.29, 1.82) is 0 Å². The molecule has 0 saturated carbocycles. The lowest BCUT2D eigenvalue weighted by Gasteiger charge is -2.24. The van der Waals surface area contributed by atoms with Crippen molar-refractivity contribution in [3.05, 3.63) is 50.3 Å². The molecule has 0 aliphatic heterocycles. The number of aryl methyl sites for hydroxylation is 1. The van der Waals surface area contributed by atoms with E-state index in [1.807, 2.05) is 0 Å². The second-order valence-corrected chi connectivity index (χ2v) is 8.68. The van der Waals surface area contributed by atoms with Crippen molar-refractivity contribution in [3.8, 4) is 0 Å². The Hall–Kier alpha value is -1.47. The number of fused-ring (bicyclic) bond motifs is 1. The summed E-state index contributed by atoms with van der Waals surface area (Å²) < 4.78 is 1.07. The van der Waals surface area contributed by atoms with Gasteiger partial charge in [0.1, 0.15) is 5.82 Å². The van der Waals surface area contributed by atoms with Crippen molar-refractivity contribution in [2.24, 2.45) is 5.73 Å². The first-order chi connectivity index (χ1) is 12.1. The van der Waals surface area contributed by atoms with Gasteiger partial charge in [-0.25, -0.2) is 4.98 Å². The number of nitrogens with one attached hydrogen (secondary N) is 1. The van der Waals surface area contributed by atoms with Crippen molar-refractivity contribution in [2.75, 3.05) is 5.32 Å². The highest BCUT2D eigenvalue weighted by atomic mass is 35.5. The molecule has 7 heteroatoms. The first-order valence-corrected chi connectivity index (χ1v) is 10.3. The largest absolute Gasteiger partial charge is 0.364 e. The van der Waals surface area contributed by atoms with E-state index in [-0.39, 0.29) is 11.3 Å². The van der Waals surface area contributed by atoms with Gasteiger partial charge in [-0.05, 0) is 48.4 Å². The molecule has 0 unspecified atom stereocenters. The molecule has 0 aromatic carbocycles. The molecule has 0 bridgehead atoms. The quantitative estimate of drug-likeness (QED) is 0.481. The number of thiophene rings is 2. The smallest absolute Gasteiger partial charge is 0.224 e. The second-order valence-electron chi connectivity index (χ2n) is 6.26. The fourth-order valence-corrected chi connectivity index (χ4v) is 5.49. The Labute approximate surface area is 159 Å². The molecule has 3 heterocycles. The van der Waals surface area contributed by atoms with Crippen LogP contribution in [0.3, 0.4) is 0 Å². The Morgan fingerprint density at radius 2 is 2.16 bits per heavy atom. The van der Waals surface area contributed by atoms with Gasteiger partial charge >= 0.3 is 0 Å². The average molecular weight is 391 g/mol. The van der Waals surface area contributed by atoms with Gasteiger partial charge in [0.15, 0.2) is 0 Å². The van der Waals surface area contributed by atoms with Gasteiger partial charge in [-0.3, -0.25) is 0 Å². The van der Waals surface area contributed by atoms with Crippen LogP contribution in [0.1, 0.15) is 34.1 Å². The maximum Gasteiger partial charge on any atom is 0.224 e. The summed E-state index contributed by atoms with van der Waals surface area (Å²) in [5.74, 6) is 1.15. The number of nitrogens with two attached hydrogens (primary N) is 1. The maximum atomic E-state index is 6.37. The highest BCUT2D eigenvalue weighted by Crippen LogP contribution is 2.42. The molecule has 4 rings (SSSR count). The molecule has 4 nitrogen and oxygen atoms in total. The fraction of sp³-hybridized carbons (Fsp3) is 0.333. The number of hydrogen-bond donors (Lipinski definition) is 2. The van der Waals surface area contributed by atoms with Crippen LogP contribution in [0.4, 0.5) is 5.82 Å². The summed E-state index contributed by atoms with van der Waals surface area (Å²) in [6.45, 7) is 2.85. The molecule has 0 radical (unpaired) electrons. The van der Waals surface area contributed by atoms with Crippen LogP contribution in [-0.2, 0) is 6.54 Å². The van der Waals surface area contributed by atoms with E-state index in [4.69, 9.17) is 17.3 Å². The highest BCUT2D eigenvalue weighted by molar-refractivity contribution is 7.20. The number of allylic oxidation sites excluding steroid dienone is 1. The van der Waals surface area contributed by atoms with Gasteiger partial charge in [-0.15, -0.1) is 22.7 Å². The minimum atomic E-state index is 0.155. The van der Waals surface area contributed by atoms with E-state index >= 15 is 0 Å². The molecule has 1 aliphatic carbocycles. The lowest BCUT2D eigenvalue weighted by molar-refractivity contribution is 0.526. The molecular weight excluding hydrogens is 372 g/mol. The minimum Gasteiger partial charge on any atom is -0.364 e. The molecule has 130 valence electrons. The molecule has 25 heavy (non-hydrogen) atoms. The number of halogens is 1. The predicted molar refractivity (Wildman–Crippen MR) is 108 cm³/mol. The van der Waals surface area contributed by atoms with Crippen LogP contribution in [0.15, 0.2) is 29.7 Å². The topological polar surface area (TPSA) is 63.8 Å². The van der Waals surface area contributed by atoms with Gasteiger partial charge in [0.2, 0.25) is 5.28 Å². The molecule has 3 aromatic rings. The molecule has 0 spiro atoms. The van der Waals surface area contributed by atoms with Crippen LogP contribution in [0.25, 0.3) is 10.2 Å². The molecule has 3 aromatic heterocycles. The number of hydrogen-bond acceptors (Lipinski definition) is 6. The normalized spacial score (nSPS) is 20.3. The lowest BCUT2D eigenvalue weighted by atomic mass is 9.87. The fourth-order valence-electron chi connectivity index (χ4n) is 3.27. The molecule has 2 atom stereocenters. The van der Waals surface area contributed by atoms with E-state index < -0.39 is 0 Å². The third-order valence-electron chi connectivity index (χ3n) is 4.60. The minimum absolute atomic E-state index is 0.155. The Kier molecular flexibility index (Phi) is 4.78. The summed E-state index contributed by atoms with van der Waals surface area (Å²) in [5, 5.41) is 5.78. The summed E-state index contributed by atoms with van der Waals surface area (Å²) >= 11 is 9.66. The van der Waals surface area contributed by atoms with E-state index in [9.17, 15) is 0 Å². The maximum absolute atomic E-state index is 6.37. The zero-order valence-corrected chi connectivity index (χ0v) is 16.2. The van der Waals surface area contributed by atoms with Crippen molar-refractivity contribution in [1.82, 2.24) is 9.97 Å². The van der Waals surface area contributed by atoms with Crippen LogP contribution in [0.5, 0.6) is 0 Å². The highest BCUT2D eigenvalue weighted by Gasteiger charge is 2.26. The first kappa shape index (κ1) is 17.0. The Balaban J connectivity index is 1.73. The average Bonchev–Trinajstić information content (AvgIpc) is 3.22. The van der Waals surface area contributed by atoms with Gasteiger partial charge < -0.3 is 11.1 Å². The third kappa shape index (κ3) is 3.31. The van der Waals surface area contributed by atoms with Crippen LogP contribution in [-0.4, -0.2) is 16.0 Å². The van der Waals surface area contributed by atoms with Gasteiger partial charge in [-0.1, -0.05) is 18.2 Å². The standard InChI is InChI=1S/C18H19ClN4S2/c1-10-14-16(25-15(10)12-6-2-3-7-13(12)20)17(23-18(19)22-14)21-9-11-5-4-8-24-11/h2-5,8,12-13H,6-7,9,20H2,1H3,(H,21,22,23)/t12-,13-/m0/s1. The van der Waals surface area contributed by atoms with E-state index in [1.165, 1.54) is 15.3 Å². The summed E-state index contributed by atoms with van der Waals surface area (Å²) in [6, 6.07) is 4.31. The second kappa shape index (κ2) is 7.03. The summed E-state index contributed by atoms with van der Waals surface area (Å²) in [6.07, 6.45) is 6.31. The Morgan fingerprint density at radius 3 is 2.92 bits per heavy atom. The van der Waals surface area contributed by atoms with E-state index in [0.29, 0.717) is 5.92 Å². The van der Waals surface area contributed by atoms with E-state index in [2.05, 4.69) is 51.9 Å². The lowest BCUT2D eigenvalue weighted by Crippen LogP contribution is -2.29. The van der Waals surface area contributed by atoms with Crippen molar-refractivity contribution in [3.63, 3.8) is 0 Å². The van der Waals surface area contributed by atoms with Crippen LogP contribution in [0.2, 0.25) is 5.28 Å². The molecular formula is C18H19ClN4S2. The molecule has 0 saturated heterocycles. The summed E-state index contributed by atoms with van der Waals surface area (Å²) in [7, 11) is 0. The summed E-state index contributed by atoms with van der Waals surface area (Å²) in [5.41, 5.74) is 8.49. The number of anilines is 1. The van der Waals surface area contributed by atoms with Crippen LogP contribution >= 0.6 is 34.3 Å². The number of aromatic nitrogens is 2. The predicted octanol–water partition coefficient (Wildman–Crippen LogP) is 5.09. The zero-order chi connectivity index (χ0) is 17.4. The molecule has 0 fully saturated rings. The van der Waals surface area contributed by atoms with Crippen molar-refractivity contribution >= 4 is 50.3 Å².